The Hall–Kier alpha value is -2.37. The van der Waals surface area contributed by atoms with E-state index in [0.29, 0.717) is 31.4 Å². The van der Waals surface area contributed by atoms with Crippen molar-refractivity contribution in [2.75, 3.05) is 0 Å². The van der Waals surface area contributed by atoms with Crippen molar-refractivity contribution in [1.29, 1.82) is 0 Å². The zero-order valence-corrected chi connectivity index (χ0v) is 12.5. The van der Waals surface area contributed by atoms with E-state index < -0.39 is 5.97 Å². The maximum Gasteiger partial charge on any atom is 0.306 e. The van der Waals surface area contributed by atoms with Crippen LogP contribution in [0, 0.1) is 5.92 Å². The number of hydrogen-bond acceptors (Lipinski definition) is 3. The van der Waals surface area contributed by atoms with Crippen molar-refractivity contribution < 1.29 is 14.7 Å². The largest absolute Gasteiger partial charge is 0.481 e. The van der Waals surface area contributed by atoms with E-state index in [4.69, 9.17) is 5.11 Å². The van der Waals surface area contributed by atoms with E-state index in [1.807, 2.05) is 31.3 Å². The second-order valence-electron chi connectivity index (χ2n) is 5.85. The molecule has 6 heteroatoms. The number of para-hydroxylation sites is 1. The Morgan fingerprint density at radius 2 is 1.91 bits per heavy atom. The van der Waals surface area contributed by atoms with Crippen LogP contribution < -0.4 is 5.32 Å². The molecule has 0 radical (unpaired) electrons. The fourth-order valence-electron chi connectivity index (χ4n) is 3.12. The Bertz CT molecular complexity index is 714. The molecule has 2 N–H and O–H groups in total. The quantitative estimate of drug-likeness (QED) is 0.907. The SMILES string of the molecule is Cn1nc(C(=O)NC2CCC(C(=O)O)CC2)c2ccccc21. The summed E-state index contributed by atoms with van der Waals surface area (Å²) in [7, 11) is 1.82. The van der Waals surface area contributed by atoms with Gasteiger partial charge in [0.2, 0.25) is 0 Å². The molecule has 1 aliphatic carbocycles. The number of fused-ring (bicyclic) bond motifs is 1. The fraction of sp³-hybridized carbons (Fsp3) is 0.438. The average molecular weight is 301 g/mol. The number of benzene rings is 1. The number of carbonyl (C=O) groups excluding carboxylic acids is 1. The van der Waals surface area contributed by atoms with Gasteiger partial charge in [0.25, 0.3) is 5.91 Å². The van der Waals surface area contributed by atoms with Crippen LogP contribution in [0.3, 0.4) is 0 Å². The van der Waals surface area contributed by atoms with Crippen LogP contribution in [0.15, 0.2) is 24.3 Å². The van der Waals surface area contributed by atoms with Crippen molar-refractivity contribution in [2.45, 2.75) is 31.7 Å². The van der Waals surface area contributed by atoms with E-state index >= 15 is 0 Å². The lowest BCUT2D eigenvalue weighted by atomic mass is 9.86. The molecule has 1 heterocycles. The van der Waals surface area contributed by atoms with Crippen molar-refractivity contribution in [3.8, 4) is 0 Å². The first-order valence-electron chi connectivity index (χ1n) is 7.51. The van der Waals surface area contributed by atoms with Crippen molar-refractivity contribution in [1.82, 2.24) is 15.1 Å². The summed E-state index contributed by atoms with van der Waals surface area (Å²) < 4.78 is 1.70. The Morgan fingerprint density at radius 3 is 2.59 bits per heavy atom. The van der Waals surface area contributed by atoms with Gasteiger partial charge in [0.15, 0.2) is 5.69 Å². The molecule has 1 aromatic carbocycles. The second kappa shape index (κ2) is 5.79. The second-order valence-corrected chi connectivity index (χ2v) is 5.85. The van der Waals surface area contributed by atoms with Gasteiger partial charge in [-0.05, 0) is 31.7 Å². The van der Waals surface area contributed by atoms with Crippen LogP contribution in [0.4, 0.5) is 0 Å². The van der Waals surface area contributed by atoms with Crippen molar-refractivity contribution in [3.63, 3.8) is 0 Å². The number of rotatable bonds is 3. The number of aliphatic carboxylic acids is 1. The van der Waals surface area contributed by atoms with Gasteiger partial charge in [0, 0.05) is 18.5 Å². The Balaban J connectivity index is 1.71. The van der Waals surface area contributed by atoms with Gasteiger partial charge in [-0.3, -0.25) is 14.3 Å². The van der Waals surface area contributed by atoms with Crippen LogP contribution in [-0.2, 0) is 11.8 Å². The lowest BCUT2D eigenvalue weighted by Gasteiger charge is -2.26. The molecule has 0 atom stereocenters. The molecule has 22 heavy (non-hydrogen) atoms. The summed E-state index contributed by atoms with van der Waals surface area (Å²) in [6, 6.07) is 7.65. The monoisotopic (exact) mass is 301 g/mol. The lowest BCUT2D eigenvalue weighted by Crippen LogP contribution is -2.39. The predicted octanol–water partition coefficient (Wildman–Crippen LogP) is 1.95. The minimum atomic E-state index is -0.736. The number of hydrogen-bond donors (Lipinski definition) is 2. The number of carbonyl (C=O) groups is 2. The number of aryl methyl sites for hydroxylation is 1. The third-order valence-electron chi connectivity index (χ3n) is 4.38. The summed E-state index contributed by atoms with van der Waals surface area (Å²) in [5, 5.41) is 17.1. The molecule has 0 unspecified atom stereocenters. The molecule has 3 rings (SSSR count). The highest BCUT2D eigenvalue weighted by Gasteiger charge is 2.27. The smallest absolute Gasteiger partial charge is 0.306 e. The van der Waals surface area contributed by atoms with Gasteiger partial charge in [-0.1, -0.05) is 18.2 Å². The van der Waals surface area contributed by atoms with Gasteiger partial charge in [0.05, 0.1) is 11.4 Å². The highest BCUT2D eigenvalue weighted by molar-refractivity contribution is 6.04. The minimum Gasteiger partial charge on any atom is -0.481 e. The molecular weight excluding hydrogens is 282 g/mol. The molecule has 6 nitrogen and oxygen atoms in total. The molecule has 0 aliphatic heterocycles. The fourth-order valence-corrected chi connectivity index (χ4v) is 3.12. The highest BCUT2D eigenvalue weighted by Crippen LogP contribution is 2.25. The lowest BCUT2D eigenvalue weighted by molar-refractivity contribution is -0.142. The van der Waals surface area contributed by atoms with Crippen LogP contribution in [0.1, 0.15) is 36.2 Å². The highest BCUT2D eigenvalue weighted by atomic mass is 16.4. The summed E-state index contributed by atoms with van der Waals surface area (Å²) in [6.07, 6.45) is 2.63. The standard InChI is InChI=1S/C16H19N3O3/c1-19-13-5-3-2-4-12(13)14(18-19)15(20)17-11-8-6-10(7-9-11)16(21)22/h2-5,10-11H,6-9H2,1H3,(H,17,20)(H,21,22). The Kier molecular flexibility index (Phi) is 3.83. The van der Waals surface area contributed by atoms with Crippen LogP contribution >= 0.6 is 0 Å². The summed E-state index contributed by atoms with van der Waals surface area (Å²) in [5.41, 5.74) is 1.35. The molecule has 2 aromatic rings. The number of amides is 1. The average Bonchev–Trinajstić information content (AvgIpc) is 2.86. The third kappa shape index (κ3) is 2.68. The molecular formula is C16H19N3O3. The van der Waals surface area contributed by atoms with Gasteiger partial charge in [-0.25, -0.2) is 0 Å². The number of carboxylic acid groups (broad SMARTS) is 1. The first-order chi connectivity index (χ1) is 10.6. The van der Waals surface area contributed by atoms with Gasteiger partial charge in [-0.15, -0.1) is 0 Å². The summed E-state index contributed by atoms with van der Waals surface area (Å²) in [6.45, 7) is 0. The van der Waals surface area contributed by atoms with Crippen molar-refractivity contribution in [3.05, 3.63) is 30.0 Å². The van der Waals surface area contributed by atoms with E-state index in [1.54, 1.807) is 4.68 Å². The molecule has 1 aromatic heterocycles. The topological polar surface area (TPSA) is 84.2 Å². The van der Waals surface area contributed by atoms with Crippen molar-refractivity contribution in [2.24, 2.45) is 13.0 Å². The van der Waals surface area contributed by atoms with Crippen LogP contribution in [-0.4, -0.2) is 32.8 Å². The molecule has 1 saturated carbocycles. The maximum absolute atomic E-state index is 12.5. The number of nitrogens with one attached hydrogen (secondary N) is 1. The maximum atomic E-state index is 12.5. The molecule has 0 spiro atoms. The Labute approximate surface area is 128 Å². The number of aromatic nitrogens is 2. The van der Waals surface area contributed by atoms with E-state index in [1.165, 1.54) is 0 Å². The number of nitrogens with zero attached hydrogens (tertiary/aromatic N) is 2. The first kappa shape index (κ1) is 14.6. The Morgan fingerprint density at radius 1 is 1.23 bits per heavy atom. The summed E-state index contributed by atoms with van der Waals surface area (Å²) in [5.74, 6) is -1.19. The molecule has 0 saturated heterocycles. The van der Waals surface area contributed by atoms with Gasteiger partial charge >= 0.3 is 5.97 Å². The van der Waals surface area contributed by atoms with Gasteiger partial charge < -0.3 is 10.4 Å². The predicted molar refractivity (Wildman–Crippen MR) is 81.6 cm³/mol. The van der Waals surface area contributed by atoms with Crippen LogP contribution in [0.5, 0.6) is 0 Å². The molecule has 1 fully saturated rings. The van der Waals surface area contributed by atoms with E-state index in [9.17, 15) is 9.59 Å². The van der Waals surface area contributed by atoms with Crippen molar-refractivity contribution >= 4 is 22.8 Å². The van der Waals surface area contributed by atoms with E-state index in [-0.39, 0.29) is 17.9 Å². The first-order valence-corrected chi connectivity index (χ1v) is 7.51. The molecule has 1 aliphatic rings. The van der Waals surface area contributed by atoms with Gasteiger partial charge in [-0.2, -0.15) is 5.10 Å². The van der Waals surface area contributed by atoms with Crippen LogP contribution in [0.25, 0.3) is 10.9 Å². The van der Waals surface area contributed by atoms with Crippen LogP contribution in [0.2, 0.25) is 0 Å². The van der Waals surface area contributed by atoms with E-state index in [2.05, 4.69) is 10.4 Å². The summed E-state index contributed by atoms with van der Waals surface area (Å²) in [4.78, 5) is 23.4. The normalized spacial score (nSPS) is 21.7. The number of carboxylic acids is 1. The van der Waals surface area contributed by atoms with E-state index in [0.717, 1.165) is 10.9 Å². The zero-order valence-electron chi connectivity index (χ0n) is 12.5. The summed E-state index contributed by atoms with van der Waals surface area (Å²) >= 11 is 0. The zero-order chi connectivity index (χ0) is 15.7. The molecule has 0 bridgehead atoms. The molecule has 1 amide bonds. The third-order valence-corrected chi connectivity index (χ3v) is 4.38. The molecule has 116 valence electrons. The van der Waals surface area contributed by atoms with Gasteiger partial charge in [0.1, 0.15) is 0 Å². The minimum absolute atomic E-state index is 0.0314.